The lowest BCUT2D eigenvalue weighted by Gasteiger charge is -2.26. The Bertz CT molecular complexity index is 3100. The minimum atomic E-state index is 1.09. The molecule has 9 aromatic carbocycles. The summed E-state index contributed by atoms with van der Waals surface area (Å²) in [5, 5.41) is 5.01. The zero-order valence-electron chi connectivity index (χ0n) is 31.2. The quantitative estimate of drug-likeness (QED) is 0.159. The van der Waals surface area contributed by atoms with Crippen LogP contribution in [-0.2, 0) is 0 Å². The van der Waals surface area contributed by atoms with Crippen LogP contribution >= 0.6 is 0 Å². The van der Waals surface area contributed by atoms with Gasteiger partial charge in [-0.25, -0.2) is 0 Å². The van der Waals surface area contributed by atoms with Crippen LogP contribution in [0.25, 0.3) is 77.2 Å². The summed E-state index contributed by atoms with van der Waals surface area (Å²) in [5.74, 6) is 0. The van der Waals surface area contributed by atoms with Crippen LogP contribution in [0.3, 0.4) is 0 Å². The molecule has 0 saturated carbocycles. The van der Waals surface area contributed by atoms with Gasteiger partial charge in [0, 0.05) is 50.0 Å². The Morgan fingerprint density at radius 3 is 1.25 bits per heavy atom. The minimum Gasteiger partial charge on any atom is -0.311 e. The minimum absolute atomic E-state index is 1.09. The largest absolute Gasteiger partial charge is 0.311 e. The molecular formula is C54H37N3. The van der Waals surface area contributed by atoms with E-state index in [0.717, 1.165) is 28.4 Å². The lowest BCUT2D eigenvalue weighted by Crippen LogP contribution is -2.10. The van der Waals surface area contributed by atoms with Gasteiger partial charge in [0.05, 0.1) is 22.1 Å². The average molecular weight is 728 g/mol. The fourth-order valence-electron chi connectivity index (χ4n) is 8.70. The SMILES string of the molecule is c1ccc(-c2ccc(N(c3ccc(-c4ccccc4)cc3)c3ccc(-n4c5ccccc5c5c4ccc4c6ccccc6n(-c6ccccc6)c45)cc3)cc2)cc1. The second-order valence-electron chi connectivity index (χ2n) is 14.6. The molecule has 0 N–H and O–H groups in total. The summed E-state index contributed by atoms with van der Waals surface area (Å²) in [4.78, 5) is 2.35. The molecule has 0 saturated heterocycles. The molecule has 268 valence electrons. The molecule has 0 fully saturated rings. The van der Waals surface area contributed by atoms with Gasteiger partial charge in [0.25, 0.3) is 0 Å². The molecule has 57 heavy (non-hydrogen) atoms. The van der Waals surface area contributed by atoms with Crippen molar-refractivity contribution in [3.05, 3.63) is 224 Å². The molecule has 0 bridgehead atoms. The Hall–Kier alpha value is -7.62. The molecule has 0 aliphatic heterocycles. The maximum Gasteiger partial charge on any atom is 0.0641 e. The first-order valence-corrected chi connectivity index (χ1v) is 19.5. The molecule has 2 aromatic heterocycles. The van der Waals surface area contributed by atoms with Crippen molar-refractivity contribution in [2.45, 2.75) is 0 Å². The van der Waals surface area contributed by atoms with E-state index in [2.05, 4.69) is 238 Å². The summed E-state index contributed by atoms with van der Waals surface area (Å²) in [7, 11) is 0. The molecule has 0 unspecified atom stereocenters. The fraction of sp³-hybridized carbons (Fsp3) is 0. The van der Waals surface area contributed by atoms with Crippen molar-refractivity contribution < 1.29 is 0 Å². The third-order valence-electron chi connectivity index (χ3n) is 11.3. The molecule has 0 radical (unpaired) electrons. The number of hydrogen-bond donors (Lipinski definition) is 0. The van der Waals surface area contributed by atoms with E-state index in [0.29, 0.717) is 0 Å². The Morgan fingerprint density at radius 2 is 0.684 bits per heavy atom. The summed E-state index contributed by atoms with van der Waals surface area (Å²) in [5.41, 5.74) is 15.2. The van der Waals surface area contributed by atoms with E-state index < -0.39 is 0 Å². The zero-order valence-corrected chi connectivity index (χ0v) is 31.2. The first kappa shape index (κ1) is 32.8. The predicted molar refractivity (Wildman–Crippen MR) is 241 cm³/mol. The Morgan fingerprint density at radius 1 is 0.263 bits per heavy atom. The first-order valence-electron chi connectivity index (χ1n) is 19.5. The highest BCUT2D eigenvalue weighted by Gasteiger charge is 2.21. The highest BCUT2D eigenvalue weighted by Crippen LogP contribution is 2.43. The van der Waals surface area contributed by atoms with Gasteiger partial charge >= 0.3 is 0 Å². The van der Waals surface area contributed by atoms with E-state index in [1.54, 1.807) is 0 Å². The molecule has 0 atom stereocenters. The number of anilines is 3. The number of aromatic nitrogens is 2. The van der Waals surface area contributed by atoms with E-state index in [1.165, 1.54) is 65.9 Å². The Kier molecular flexibility index (Phi) is 7.82. The number of fused-ring (bicyclic) bond motifs is 7. The molecule has 3 nitrogen and oxygen atoms in total. The number of rotatable bonds is 7. The van der Waals surface area contributed by atoms with Gasteiger partial charge in [0.15, 0.2) is 0 Å². The van der Waals surface area contributed by atoms with Crippen molar-refractivity contribution in [3.63, 3.8) is 0 Å². The topological polar surface area (TPSA) is 13.1 Å². The molecule has 2 heterocycles. The van der Waals surface area contributed by atoms with Crippen molar-refractivity contribution >= 4 is 60.7 Å². The van der Waals surface area contributed by atoms with Crippen molar-refractivity contribution in [3.8, 4) is 33.6 Å². The van der Waals surface area contributed by atoms with Crippen LogP contribution < -0.4 is 4.90 Å². The molecule has 11 aromatic rings. The lowest BCUT2D eigenvalue weighted by molar-refractivity contribution is 1.17. The van der Waals surface area contributed by atoms with Gasteiger partial charge in [-0.05, 0) is 101 Å². The number of benzene rings is 9. The molecule has 0 aliphatic rings. The van der Waals surface area contributed by atoms with E-state index in [4.69, 9.17) is 0 Å². The van der Waals surface area contributed by atoms with Crippen LogP contribution in [0.15, 0.2) is 224 Å². The predicted octanol–water partition coefficient (Wildman–Crippen LogP) is 14.7. The van der Waals surface area contributed by atoms with E-state index in [9.17, 15) is 0 Å². The van der Waals surface area contributed by atoms with Gasteiger partial charge in [-0.1, -0.05) is 146 Å². The van der Waals surface area contributed by atoms with Gasteiger partial charge in [0.1, 0.15) is 0 Å². The van der Waals surface area contributed by atoms with Gasteiger partial charge in [-0.2, -0.15) is 0 Å². The maximum absolute atomic E-state index is 2.44. The molecule has 0 amide bonds. The van der Waals surface area contributed by atoms with Crippen LogP contribution in [0, 0.1) is 0 Å². The monoisotopic (exact) mass is 727 g/mol. The maximum atomic E-state index is 2.44. The third kappa shape index (κ3) is 5.51. The number of para-hydroxylation sites is 3. The standard InChI is InChI=1S/C54H37N3/c1-4-14-38(15-5-1)40-24-28-43(29-25-40)55(44-30-26-41(27-31-44)39-16-6-2-7-17-39)45-32-34-46(35-33-45)56-51-23-13-11-21-49(51)53-52(56)37-36-48-47-20-10-12-22-50(47)57(54(48)53)42-18-8-3-9-19-42/h1-37H. The third-order valence-corrected chi connectivity index (χ3v) is 11.3. The van der Waals surface area contributed by atoms with Crippen molar-refractivity contribution in [1.82, 2.24) is 9.13 Å². The highest BCUT2D eigenvalue weighted by atomic mass is 15.1. The Labute approximate surface area is 331 Å². The van der Waals surface area contributed by atoms with Crippen LogP contribution in [0.2, 0.25) is 0 Å². The van der Waals surface area contributed by atoms with Crippen LogP contribution in [0.4, 0.5) is 17.1 Å². The van der Waals surface area contributed by atoms with E-state index in [1.807, 2.05) is 0 Å². The number of nitrogens with zero attached hydrogens (tertiary/aromatic N) is 3. The van der Waals surface area contributed by atoms with Crippen molar-refractivity contribution in [1.29, 1.82) is 0 Å². The van der Waals surface area contributed by atoms with Crippen LogP contribution in [0.5, 0.6) is 0 Å². The first-order chi connectivity index (χ1) is 28.3. The zero-order chi connectivity index (χ0) is 37.7. The summed E-state index contributed by atoms with van der Waals surface area (Å²) < 4.78 is 4.87. The van der Waals surface area contributed by atoms with Crippen LogP contribution in [-0.4, -0.2) is 9.13 Å². The molecule has 11 rings (SSSR count). The summed E-state index contributed by atoms with van der Waals surface area (Å²) in [6.45, 7) is 0. The second-order valence-corrected chi connectivity index (χ2v) is 14.6. The molecule has 3 heteroatoms. The fourth-order valence-corrected chi connectivity index (χ4v) is 8.70. The van der Waals surface area contributed by atoms with Crippen molar-refractivity contribution in [2.75, 3.05) is 4.90 Å². The van der Waals surface area contributed by atoms with Gasteiger partial charge < -0.3 is 14.0 Å². The molecular weight excluding hydrogens is 691 g/mol. The normalized spacial score (nSPS) is 11.5. The molecule has 0 aliphatic carbocycles. The van der Waals surface area contributed by atoms with E-state index >= 15 is 0 Å². The molecule has 0 spiro atoms. The average Bonchev–Trinajstić information content (AvgIpc) is 3.81. The van der Waals surface area contributed by atoms with Gasteiger partial charge in [0.2, 0.25) is 0 Å². The van der Waals surface area contributed by atoms with Crippen LogP contribution in [0.1, 0.15) is 0 Å². The Balaban J connectivity index is 1.07. The lowest BCUT2D eigenvalue weighted by atomic mass is 10.0. The van der Waals surface area contributed by atoms with Crippen molar-refractivity contribution in [2.24, 2.45) is 0 Å². The van der Waals surface area contributed by atoms with E-state index in [-0.39, 0.29) is 0 Å². The van der Waals surface area contributed by atoms with Gasteiger partial charge in [-0.3, -0.25) is 0 Å². The highest BCUT2D eigenvalue weighted by molar-refractivity contribution is 6.26. The smallest absolute Gasteiger partial charge is 0.0641 e. The van der Waals surface area contributed by atoms with Gasteiger partial charge in [-0.15, -0.1) is 0 Å². The second kappa shape index (κ2) is 13.6. The summed E-state index contributed by atoms with van der Waals surface area (Å²) in [6.07, 6.45) is 0. The number of hydrogen-bond acceptors (Lipinski definition) is 1. The summed E-state index contributed by atoms with van der Waals surface area (Å²) in [6, 6.07) is 80.9. The summed E-state index contributed by atoms with van der Waals surface area (Å²) >= 11 is 0.